The smallest absolute Gasteiger partial charge is 0.0587 e. The molecule has 3 saturated carbocycles. The number of rotatable bonds is 4. The molecule has 0 heterocycles. The second-order valence-electron chi connectivity index (χ2n) is 9.73. The standard InChI is InChI=1S/C23H41P.C2H3N.CH4.BH/c1-3-4-7-11-20-13-14-22-21-12-9-6-5-8-10-18(2)17-19(21)15-16-23(20,22)24;1-2-3;;/h3,18-22H,1,4-17,24H2,2H3;1H3;1H4;1H. The lowest BCUT2D eigenvalue weighted by molar-refractivity contribution is 0.0832. The Morgan fingerprint density at radius 2 is 1.76 bits per heavy atom. The summed E-state index contributed by atoms with van der Waals surface area (Å²) in [5.41, 5.74) is 0. The van der Waals surface area contributed by atoms with Crippen molar-refractivity contribution >= 4 is 17.7 Å². The fourth-order valence-electron chi connectivity index (χ4n) is 6.71. The van der Waals surface area contributed by atoms with Gasteiger partial charge >= 0.3 is 0 Å². The van der Waals surface area contributed by atoms with Crippen LogP contribution in [0.5, 0.6) is 0 Å². The lowest BCUT2D eigenvalue weighted by atomic mass is 9.61. The van der Waals surface area contributed by atoms with Gasteiger partial charge in [0.15, 0.2) is 0 Å². The molecule has 0 bridgehead atoms. The Labute approximate surface area is 187 Å². The number of nitriles is 1. The van der Waals surface area contributed by atoms with Crippen molar-refractivity contribution < 1.29 is 0 Å². The van der Waals surface area contributed by atoms with Crippen molar-refractivity contribution in [1.82, 2.24) is 0 Å². The van der Waals surface area contributed by atoms with Gasteiger partial charge in [0.05, 0.1) is 6.07 Å². The SMILES string of the molecule is C.C=CCCCC1CCC2C3CCCCCCC(C)CC3CCC12P.CC#N.[BH]. The van der Waals surface area contributed by atoms with Crippen molar-refractivity contribution in [2.75, 3.05) is 0 Å². The average Bonchev–Trinajstić information content (AvgIpc) is 2.97. The summed E-state index contributed by atoms with van der Waals surface area (Å²) in [4.78, 5) is 0. The topological polar surface area (TPSA) is 23.8 Å². The van der Waals surface area contributed by atoms with E-state index >= 15 is 0 Å². The Morgan fingerprint density at radius 1 is 1.10 bits per heavy atom. The maximum atomic E-state index is 7.32. The Hall–Kier alpha value is -0.275. The number of fused-ring (bicyclic) bond motifs is 3. The van der Waals surface area contributed by atoms with E-state index in [0.717, 1.165) is 29.6 Å². The van der Waals surface area contributed by atoms with Crippen LogP contribution >= 0.6 is 9.24 Å². The molecule has 0 N–H and O–H groups in total. The van der Waals surface area contributed by atoms with Crippen LogP contribution in [0.25, 0.3) is 0 Å². The van der Waals surface area contributed by atoms with E-state index in [1.807, 2.05) is 0 Å². The number of nitrogens with zero attached hydrogens (tertiary/aromatic N) is 1. The van der Waals surface area contributed by atoms with Crippen LogP contribution in [0, 0.1) is 40.9 Å². The average molecular weight is 417 g/mol. The number of allylic oxidation sites excluding steroid dienone is 1. The molecule has 0 amide bonds. The van der Waals surface area contributed by atoms with E-state index in [0.29, 0.717) is 5.16 Å². The summed E-state index contributed by atoms with van der Waals surface area (Å²) in [7, 11) is 3.44. The molecule has 3 aliphatic rings. The van der Waals surface area contributed by atoms with Gasteiger partial charge in [-0.05, 0) is 92.5 Å². The van der Waals surface area contributed by atoms with Gasteiger partial charge in [0, 0.05) is 15.3 Å². The third-order valence-electron chi connectivity index (χ3n) is 8.00. The number of unbranched alkanes of at least 4 members (excludes halogenated alkanes) is 1. The van der Waals surface area contributed by atoms with Crippen molar-refractivity contribution in [2.45, 2.75) is 116 Å². The predicted octanol–water partition coefficient (Wildman–Crippen LogP) is 7.91. The van der Waals surface area contributed by atoms with Gasteiger partial charge in [0.2, 0.25) is 0 Å². The molecule has 7 atom stereocenters. The summed E-state index contributed by atoms with van der Waals surface area (Å²) >= 11 is 0. The molecule has 3 fully saturated rings. The Balaban J connectivity index is 0.00000148. The molecule has 1 nitrogen and oxygen atoms in total. The van der Waals surface area contributed by atoms with E-state index in [1.54, 1.807) is 6.07 Å². The van der Waals surface area contributed by atoms with Crippen molar-refractivity contribution in [3.05, 3.63) is 12.7 Å². The van der Waals surface area contributed by atoms with E-state index in [9.17, 15) is 0 Å². The molecule has 0 saturated heterocycles. The molecule has 3 aliphatic carbocycles. The minimum atomic E-state index is 0. The van der Waals surface area contributed by atoms with Crippen LogP contribution in [-0.2, 0) is 0 Å². The predicted molar refractivity (Wildman–Crippen MR) is 136 cm³/mol. The Bertz CT molecular complexity index is 488. The number of hydrogen-bond donors (Lipinski definition) is 0. The van der Waals surface area contributed by atoms with Crippen molar-refractivity contribution in [2.24, 2.45) is 29.6 Å². The van der Waals surface area contributed by atoms with Crippen LogP contribution < -0.4 is 0 Å². The van der Waals surface area contributed by atoms with Crippen LogP contribution in [0.3, 0.4) is 0 Å². The summed E-state index contributed by atoms with van der Waals surface area (Å²) in [5, 5.41) is 7.91. The molecule has 29 heavy (non-hydrogen) atoms. The molecular formula is C26H49BNP. The maximum absolute atomic E-state index is 7.32. The highest BCUT2D eigenvalue weighted by Gasteiger charge is 2.53. The first-order chi connectivity index (χ1) is 13.1. The van der Waals surface area contributed by atoms with Crippen LogP contribution in [0.1, 0.15) is 111 Å². The first-order valence-electron chi connectivity index (χ1n) is 11.8. The van der Waals surface area contributed by atoms with Gasteiger partial charge in [-0.1, -0.05) is 52.5 Å². The summed E-state index contributed by atoms with van der Waals surface area (Å²) in [6.07, 6.45) is 22.7. The van der Waals surface area contributed by atoms with Gasteiger partial charge in [0.25, 0.3) is 0 Å². The van der Waals surface area contributed by atoms with Crippen molar-refractivity contribution in [3.8, 4) is 6.07 Å². The molecule has 0 aromatic heterocycles. The third-order valence-corrected chi connectivity index (χ3v) is 9.19. The molecule has 3 heteroatoms. The zero-order valence-corrected chi connectivity index (χ0v) is 20.0. The fourth-order valence-corrected chi connectivity index (χ4v) is 7.63. The lowest BCUT2D eigenvalue weighted by Crippen LogP contribution is -2.44. The first kappa shape index (κ1) is 28.7. The Morgan fingerprint density at radius 3 is 2.41 bits per heavy atom. The van der Waals surface area contributed by atoms with Crippen LogP contribution in [0.4, 0.5) is 0 Å². The molecule has 0 aliphatic heterocycles. The molecule has 2 radical (unpaired) electrons. The third kappa shape index (κ3) is 7.73. The van der Waals surface area contributed by atoms with E-state index < -0.39 is 0 Å². The molecule has 3 rings (SSSR count). The first-order valence-corrected chi connectivity index (χ1v) is 12.3. The van der Waals surface area contributed by atoms with Gasteiger partial charge in [-0.2, -0.15) is 5.26 Å². The molecule has 166 valence electrons. The highest BCUT2D eigenvalue weighted by atomic mass is 31.0. The van der Waals surface area contributed by atoms with E-state index in [4.69, 9.17) is 5.26 Å². The number of hydrogen-bond acceptors (Lipinski definition) is 1. The second kappa shape index (κ2) is 14.7. The normalized spacial score (nSPS) is 36.4. The monoisotopic (exact) mass is 417 g/mol. The zero-order chi connectivity index (χ0) is 19.7. The van der Waals surface area contributed by atoms with E-state index in [1.165, 1.54) is 96.8 Å². The molecule has 0 aromatic carbocycles. The zero-order valence-electron chi connectivity index (χ0n) is 18.8. The van der Waals surface area contributed by atoms with E-state index in [2.05, 4.69) is 28.8 Å². The van der Waals surface area contributed by atoms with Crippen LogP contribution in [0.15, 0.2) is 12.7 Å². The maximum Gasteiger partial charge on any atom is 0.0587 e. The molecule has 0 spiro atoms. The van der Waals surface area contributed by atoms with Crippen LogP contribution in [0.2, 0.25) is 0 Å². The lowest BCUT2D eigenvalue weighted by Gasteiger charge is -2.50. The summed E-state index contributed by atoms with van der Waals surface area (Å²) in [5.74, 6) is 5.05. The second-order valence-corrected chi connectivity index (χ2v) is 10.8. The van der Waals surface area contributed by atoms with Crippen molar-refractivity contribution in [3.63, 3.8) is 0 Å². The molecular weight excluding hydrogens is 368 g/mol. The van der Waals surface area contributed by atoms with Gasteiger partial charge in [-0.25, -0.2) is 0 Å². The van der Waals surface area contributed by atoms with E-state index in [-0.39, 0.29) is 15.8 Å². The molecule has 0 aromatic rings. The summed E-state index contributed by atoms with van der Waals surface area (Å²) in [6.45, 7) is 7.88. The minimum Gasteiger partial charge on any atom is -0.199 e. The highest BCUT2D eigenvalue weighted by molar-refractivity contribution is 7.19. The Kier molecular flexibility index (Phi) is 14.5. The fraction of sp³-hybridized carbons (Fsp3) is 0.885. The van der Waals surface area contributed by atoms with Gasteiger partial charge in [0.1, 0.15) is 0 Å². The highest BCUT2D eigenvalue weighted by Crippen LogP contribution is 2.61. The van der Waals surface area contributed by atoms with Gasteiger partial charge in [-0.3, -0.25) is 0 Å². The molecule has 7 unspecified atom stereocenters. The largest absolute Gasteiger partial charge is 0.199 e. The van der Waals surface area contributed by atoms with Gasteiger partial charge in [-0.15, -0.1) is 15.8 Å². The van der Waals surface area contributed by atoms with Crippen LogP contribution in [-0.4, -0.2) is 13.6 Å². The summed E-state index contributed by atoms with van der Waals surface area (Å²) in [6, 6.07) is 1.75. The quantitative estimate of drug-likeness (QED) is 0.197. The minimum absolute atomic E-state index is 0. The summed E-state index contributed by atoms with van der Waals surface area (Å²) < 4.78 is 0. The van der Waals surface area contributed by atoms with Crippen molar-refractivity contribution in [1.29, 1.82) is 5.26 Å². The van der Waals surface area contributed by atoms with Gasteiger partial charge < -0.3 is 0 Å².